The molecule has 2 rings (SSSR count). The van der Waals surface area contributed by atoms with Crippen molar-refractivity contribution in [1.82, 2.24) is 0 Å². The van der Waals surface area contributed by atoms with Gasteiger partial charge in [0.1, 0.15) is 12.2 Å². The molecule has 0 spiro atoms. The van der Waals surface area contributed by atoms with E-state index in [-0.39, 0.29) is 30.3 Å². The molecule has 2 aromatic rings. The first-order valence-electron chi connectivity index (χ1n) is 8.20. The van der Waals surface area contributed by atoms with Crippen LogP contribution in [0.2, 0.25) is 0 Å². The molecule has 0 fully saturated rings. The van der Waals surface area contributed by atoms with Gasteiger partial charge in [0.05, 0.1) is 24.7 Å². The van der Waals surface area contributed by atoms with Crippen LogP contribution in [0.15, 0.2) is 41.3 Å². The number of amides is 1. The summed E-state index contributed by atoms with van der Waals surface area (Å²) in [5, 5.41) is 13.9. The number of methoxy groups -OCH3 is 2. The quantitative estimate of drug-likeness (QED) is 0.262. The number of thioether (sulfide) groups is 1. The van der Waals surface area contributed by atoms with Gasteiger partial charge in [-0.3, -0.25) is 14.9 Å². The number of benzene rings is 2. The monoisotopic (exact) mass is 428 g/mol. The van der Waals surface area contributed by atoms with E-state index in [1.54, 1.807) is 0 Å². The number of rotatable bonds is 10. The Morgan fingerprint density at radius 3 is 2.41 bits per heavy atom. The summed E-state index contributed by atoms with van der Waals surface area (Å²) in [5.74, 6) is -3.08. The first kappa shape index (κ1) is 22.4. The van der Waals surface area contributed by atoms with Gasteiger partial charge < -0.3 is 19.5 Å². The Bertz CT molecular complexity index is 864. The second-order valence-electron chi connectivity index (χ2n) is 5.48. The summed E-state index contributed by atoms with van der Waals surface area (Å²) >= 11 is 0.369. The molecule has 0 saturated heterocycles. The Hall–Kier alpha value is -2.92. The summed E-state index contributed by atoms with van der Waals surface area (Å²) in [5.41, 5.74) is -0.417. The minimum absolute atomic E-state index is 0.0983. The minimum atomic E-state index is -2.56. The minimum Gasteiger partial charge on any atom is -0.493 e. The van der Waals surface area contributed by atoms with E-state index in [1.165, 1.54) is 44.6 Å². The van der Waals surface area contributed by atoms with E-state index in [9.17, 15) is 23.7 Å². The van der Waals surface area contributed by atoms with Crippen LogP contribution in [-0.4, -0.2) is 44.0 Å². The summed E-state index contributed by atoms with van der Waals surface area (Å²) in [4.78, 5) is 23.6. The Balaban J connectivity index is 2.26. The van der Waals surface area contributed by atoms with Crippen molar-refractivity contribution < 1.29 is 32.7 Å². The molecule has 0 aliphatic carbocycles. The smallest absolute Gasteiger partial charge is 0.288 e. The van der Waals surface area contributed by atoms with Crippen LogP contribution in [-0.2, 0) is 4.74 Å². The molecule has 0 aromatic heterocycles. The van der Waals surface area contributed by atoms with Crippen molar-refractivity contribution in [3.63, 3.8) is 0 Å². The fraction of sp³-hybridized carbons (Fsp3) is 0.278. The van der Waals surface area contributed by atoms with Crippen LogP contribution < -0.4 is 14.8 Å². The van der Waals surface area contributed by atoms with Gasteiger partial charge in [-0.2, -0.15) is 8.78 Å². The van der Waals surface area contributed by atoms with E-state index in [1.807, 2.05) is 0 Å². The third kappa shape index (κ3) is 6.29. The van der Waals surface area contributed by atoms with Crippen molar-refractivity contribution in [2.45, 2.75) is 10.7 Å². The third-order valence-corrected chi connectivity index (χ3v) is 4.33. The lowest BCUT2D eigenvalue weighted by Crippen LogP contribution is -2.15. The number of halogens is 2. The van der Waals surface area contributed by atoms with Crippen molar-refractivity contribution >= 4 is 29.0 Å². The second kappa shape index (κ2) is 10.6. The van der Waals surface area contributed by atoms with E-state index in [0.717, 1.165) is 6.07 Å². The molecule has 0 aliphatic rings. The maximum absolute atomic E-state index is 12.6. The number of hydrogen-bond donors (Lipinski definition) is 1. The van der Waals surface area contributed by atoms with Gasteiger partial charge in [-0.25, -0.2) is 0 Å². The number of carbonyl (C=O) groups excluding carboxylic acids is 1. The van der Waals surface area contributed by atoms with E-state index in [0.29, 0.717) is 22.3 Å². The number of nitro groups is 1. The number of ether oxygens (including phenoxy) is 3. The molecule has 0 saturated carbocycles. The van der Waals surface area contributed by atoms with Crippen LogP contribution in [0.3, 0.4) is 0 Å². The Morgan fingerprint density at radius 1 is 1.17 bits per heavy atom. The van der Waals surface area contributed by atoms with E-state index in [2.05, 4.69) is 5.32 Å². The van der Waals surface area contributed by atoms with Gasteiger partial charge in [0.25, 0.3) is 17.4 Å². The largest absolute Gasteiger partial charge is 0.493 e. The first-order chi connectivity index (χ1) is 13.8. The zero-order chi connectivity index (χ0) is 21.4. The number of carbonyl (C=O) groups is 1. The molecule has 0 radical (unpaired) electrons. The standard InChI is InChI=1S/C18H18F2N2O6S/c1-26-7-8-28-16-10-14(22(24)25)13(9-15(16)27-2)17(23)21-11-3-5-12(6-4-11)29-18(19)20/h3-6,9-10,18H,7-8H2,1-2H3,(H,21,23). The first-order valence-corrected chi connectivity index (χ1v) is 9.08. The average Bonchev–Trinajstić information content (AvgIpc) is 2.68. The van der Waals surface area contributed by atoms with Gasteiger partial charge in [0.2, 0.25) is 0 Å². The van der Waals surface area contributed by atoms with Gasteiger partial charge >= 0.3 is 0 Å². The van der Waals surface area contributed by atoms with Crippen LogP contribution >= 0.6 is 11.8 Å². The van der Waals surface area contributed by atoms with Crippen molar-refractivity contribution in [3.05, 3.63) is 52.1 Å². The zero-order valence-electron chi connectivity index (χ0n) is 15.5. The fourth-order valence-electron chi connectivity index (χ4n) is 2.31. The fourth-order valence-corrected chi connectivity index (χ4v) is 2.81. The highest BCUT2D eigenvalue weighted by Crippen LogP contribution is 2.35. The predicted molar refractivity (Wildman–Crippen MR) is 103 cm³/mol. The molecular weight excluding hydrogens is 410 g/mol. The van der Waals surface area contributed by atoms with Crippen LogP contribution in [0.1, 0.15) is 10.4 Å². The maximum atomic E-state index is 12.6. The van der Waals surface area contributed by atoms with Crippen molar-refractivity contribution in [2.24, 2.45) is 0 Å². The van der Waals surface area contributed by atoms with E-state index in [4.69, 9.17) is 14.2 Å². The second-order valence-corrected chi connectivity index (χ2v) is 6.54. The van der Waals surface area contributed by atoms with Crippen LogP contribution in [0, 0.1) is 10.1 Å². The highest BCUT2D eigenvalue weighted by Gasteiger charge is 2.25. The lowest BCUT2D eigenvalue weighted by atomic mass is 10.1. The lowest BCUT2D eigenvalue weighted by Gasteiger charge is -2.13. The number of anilines is 1. The molecule has 0 atom stereocenters. The molecule has 156 valence electrons. The summed E-state index contributed by atoms with van der Waals surface area (Å²) in [6.07, 6.45) is 0. The Kier molecular flexibility index (Phi) is 8.16. The molecule has 0 bridgehead atoms. The molecule has 2 aromatic carbocycles. The van der Waals surface area contributed by atoms with E-state index < -0.39 is 22.3 Å². The summed E-state index contributed by atoms with van der Waals surface area (Å²) in [7, 11) is 2.82. The predicted octanol–water partition coefficient (Wildman–Crippen LogP) is 4.20. The van der Waals surface area contributed by atoms with Crippen LogP contribution in [0.25, 0.3) is 0 Å². The van der Waals surface area contributed by atoms with Gasteiger partial charge in [-0.1, -0.05) is 11.8 Å². The molecule has 1 amide bonds. The van der Waals surface area contributed by atoms with Crippen LogP contribution in [0.4, 0.5) is 20.2 Å². The van der Waals surface area contributed by atoms with Crippen molar-refractivity contribution in [2.75, 3.05) is 32.8 Å². The van der Waals surface area contributed by atoms with Gasteiger partial charge in [-0.15, -0.1) is 0 Å². The molecule has 1 N–H and O–H groups in total. The summed E-state index contributed by atoms with van der Waals surface area (Å²) in [6, 6.07) is 7.98. The number of nitrogens with one attached hydrogen (secondary N) is 1. The maximum Gasteiger partial charge on any atom is 0.288 e. The normalized spacial score (nSPS) is 10.7. The van der Waals surface area contributed by atoms with Crippen molar-refractivity contribution in [3.8, 4) is 11.5 Å². The van der Waals surface area contributed by atoms with Gasteiger partial charge in [0, 0.05) is 23.8 Å². The SMILES string of the molecule is COCCOc1cc([N+](=O)[O-])c(C(=O)Nc2ccc(SC(F)F)cc2)cc1OC. The molecular formula is C18H18F2N2O6S. The van der Waals surface area contributed by atoms with Gasteiger partial charge in [-0.05, 0) is 24.3 Å². The number of alkyl halides is 2. The molecule has 29 heavy (non-hydrogen) atoms. The molecule has 11 heteroatoms. The highest BCUT2D eigenvalue weighted by molar-refractivity contribution is 7.99. The van der Waals surface area contributed by atoms with Gasteiger partial charge in [0.15, 0.2) is 11.5 Å². The highest BCUT2D eigenvalue weighted by atomic mass is 32.2. The topological polar surface area (TPSA) is 99.9 Å². The summed E-state index contributed by atoms with van der Waals surface area (Å²) < 4.78 is 40.2. The van der Waals surface area contributed by atoms with Crippen LogP contribution in [0.5, 0.6) is 11.5 Å². The van der Waals surface area contributed by atoms with E-state index >= 15 is 0 Å². The Morgan fingerprint density at radius 2 is 1.86 bits per heavy atom. The molecule has 0 heterocycles. The lowest BCUT2D eigenvalue weighted by molar-refractivity contribution is -0.385. The zero-order valence-corrected chi connectivity index (χ0v) is 16.3. The molecule has 0 unspecified atom stereocenters. The molecule has 0 aliphatic heterocycles. The van der Waals surface area contributed by atoms with Crippen molar-refractivity contribution in [1.29, 1.82) is 0 Å². The number of nitrogens with zero attached hydrogens (tertiary/aromatic N) is 1. The number of nitro benzene ring substituents is 1. The Labute approximate surface area is 169 Å². The average molecular weight is 428 g/mol. The molecule has 8 nitrogen and oxygen atoms in total. The third-order valence-electron chi connectivity index (χ3n) is 3.61. The number of hydrogen-bond acceptors (Lipinski definition) is 7. The summed E-state index contributed by atoms with van der Waals surface area (Å²) in [6.45, 7) is 0.400.